The van der Waals surface area contributed by atoms with E-state index in [2.05, 4.69) is 101 Å². The molecule has 4 nitrogen and oxygen atoms in total. The molecule has 3 heterocycles. The van der Waals surface area contributed by atoms with Gasteiger partial charge in [-0.2, -0.15) is 0 Å². The summed E-state index contributed by atoms with van der Waals surface area (Å²) in [5.41, 5.74) is 8.39. The second kappa shape index (κ2) is 8.83. The Morgan fingerprint density at radius 1 is 0.909 bits per heavy atom. The zero-order chi connectivity index (χ0) is 22.9. The number of benzene rings is 2. The van der Waals surface area contributed by atoms with E-state index in [0.29, 0.717) is 0 Å². The van der Waals surface area contributed by atoms with Crippen LogP contribution in [0.1, 0.15) is 45.9 Å². The fourth-order valence-corrected chi connectivity index (χ4v) is 5.18. The van der Waals surface area contributed by atoms with Crippen molar-refractivity contribution < 1.29 is 0 Å². The number of aromatic nitrogens is 2. The highest BCUT2D eigenvalue weighted by Crippen LogP contribution is 2.42. The minimum atomic E-state index is -0.0191. The molecule has 1 aliphatic rings. The van der Waals surface area contributed by atoms with Crippen molar-refractivity contribution in [3.8, 4) is 5.69 Å². The van der Waals surface area contributed by atoms with Crippen LogP contribution in [0.15, 0.2) is 85.1 Å². The highest BCUT2D eigenvalue weighted by molar-refractivity contribution is 7.80. The number of aryl methyl sites for hydroxylation is 2. The Bertz CT molecular complexity index is 1260. The number of hydrogen-bond donors (Lipinski definition) is 1. The standard InChI is InChI=1S/C28H28N4S/c1-19-12-14-23(15-13-19)32-20(2)17-24(21(32)3)27-26(25-11-7-8-16-29-25)30-28(33)31(27)18-22-9-5-4-6-10-22/h4-17,26-27H,18H2,1-3H3,(H,30,33)/t26-,27+/m0/s1. The summed E-state index contributed by atoms with van der Waals surface area (Å²) in [5.74, 6) is 0. The third-order valence-electron chi connectivity index (χ3n) is 6.47. The Morgan fingerprint density at radius 3 is 2.33 bits per heavy atom. The molecule has 0 amide bonds. The topological polar surface area (TPSA) is 33.1 Å². The molecule has 4 aromatic rings. The summed E-state index contributed by atoms with van der Waals surface area (Å²) in [6.45, 7) is 7.25. The average Bonchev–Trinajstić information content (AvgIpc) is 3.31. The third-order valence-corrected chi connectivity index (χ3v) is 6.83. The van der Waals surface area contributed by atoms with Gasteiger partial charge in [-0.3, -0.25) is 4.98 Å². The van der Waals surface area contributed by atoms with Crippen molar-refractivity contribution in [3.63, 3.8) is 0 Å². The molecule has 5 rings (SSSR count). The van der Waals surface area contributed by atoms with Gasteiger partial charge in [-0.05, 0) is 74.4 Å². The van der Waals surface area contributed by atoms with E-state index in [4.69, 9.17) is 12.2 Å². The maximum absolute atomic E-state index is 5.86. The normalized spacial score (nSPS) is 17.9. The highest BCUT2D eigenvalue weighted by atomic mass is 32.1. The Labute approximate surface area is 200 Å². The van der Waals surface area contributed by atoms with Crippen molar-refractivity contribution in [1.29, 1.82) is 0 Å². The number of pyridine rings is 1. The van der Waals surface area contributed by atoms with Gasteiger partial charge >= 0.3 is 0 Å². The van der Waals surface area contributed by atoms with E-state index in [9.17, 15) is 0 Å². The fraction of sp³-hybridized carbons (Fsp3) is 0.214. The number of hydrogen-bond acceptors (Lipinski definition) is 2. The molecular formula is C28H28N4S. The molecule has 2 aromatic heterocycles. The molecule has 2 atom stereocenters. The third kappa shape index (κ3) is 4.05. The number of nitrogens with zero attached hydrogens (tertiary/aromatic N) is 3. The van der Waals surface area contributed by atoms with E-state index in [-0.39, 0.29) is 12.1 Å². The SMILES string of the molecule is Cc1ccc(-n2c(C)cc([C@@H]3[C@H](c4ccccn4)NC(=S)N3Cc3ccccc3)c2C)cc1. The van der Waals surface area contributed by atoms with Gasteiger partial charge in [0.1, 0.15) is 0 Å². The van der Waals surface area contributed by atoms with Crippen LogP contribution in [0.4, 0.5) is 0 Å². The number of nitrogens with one attached hydrogen (secondary N) is 1. The second-order valence-corrected chi connectivity index (χ2v) is 9.12. The first-order valence-corrected chi connectivity index (χ1v) is 11.7. The summed E-state index contributed by atoms with van der Waals surface area (Å²) in [7, 11) is 0. The Morgan fingerprint density at radius 2 is 1.64 bits per heavy atom. The lowest BCUT2D eigenvalue weighted by molar-refractivity contribution is 0.310. The van der Waals surface area contributed by atoms with Gasteiger partial charge in [-0.15, -0.1) is 0 Å². The van der Waals surface area contributed by atoms with Gasteiger partial charge in [0.15, 0.2) is 5.11 Å². The molecule has 166 valence electrons. The summed E-state index contributed by atoms with van der Waals surface area (Å²) in [4.78, 5) is 6.99. The van der Waals surface area contributed by atoms with E-state index in [1.165, 1.54) is 33.8 Å². The van der Waals surface area contributed by atoms with Gasteiger partial charge in [0.2, 0.25) is 0 Å². The van der Waals surface area contributed by atoms with Gasteiger partial charge in [-0.25, -0.2) is 0 Å². The zero-order valence-corrected chi connectivity index (χ0v) is 20.0. The molecule has 1 aliphatic heterocycles. The molecule has 1 saturated heterocycles. The summed E-state index contributed by atoms with van der Waals surface area (Å²) >= 11 is 5.86. The first kappa shape index (κ1) is 21.4. The van der Waals surface area contributed by atoms with E-state index in [0.717, 1.165) is 17.4 Å². The molecule has 0 spiro atoms. The molecular weight excluding hydrogens is 424 g/mol. The smallest absolute Gasteiger partial charge is 0.170 e. The summed E-state index contributed by atoms with van der Waals surface area (Å²) in [6, 6.07) is 27.6. The predicted molar refractivity (Wildman–Crippen MR) is 137 cm³/mol. The van der Waals surface area contributed by atoms with Gasteiger partial charge in [-0.1, -0.05) is 54.1 Å². The van der Waals surface area contributed by atoms with Crippen LogP contribution in [0.3, 0.4) is 0 Å². The minimum Gasteiger partial charge on any atom is -0.352 e. The van der Waals surface area contributed by atoms with Crippen molar-refractivity contribution in [2.75, 3.05) is 0 Å². The molecule has 1 N–H and O–H groups in total. The van der Waals surface area contributed by atoms with Crippen LogP contribution in [-0.2, 0) is 6.54 Å². The van der Waals surface area contributed by atoms with Crippen molar-refractivity contribution >= 4 is 17.3 Å². The molecule has 0 aliphatic carbocycles. The Hall–Kier alpha value is -3.44. The Balaban J connectivity index is 1.61. The molecule has 0 bridgehead atoms. The van der Waals surface area contributed by atoms with Crippen molar-refractivity contribution in [2.24, 2.45) is 0 Å². The van der Waals surface area contributed by atoms with Crippen molar-refractivity contribution in [3.05, 3.63) is 119 Å². The van der Waals surface area contributed by atoms with Gasteiger partial charge in [0.25, 0.3) is 0 Å². The van der Waals surface area contributed by atoms with Gasteiger partial charge in [0.05, 0.1) is 17.8 Å². The molecule has 1 fully saturated rings. The first-order chi connectivity index (χ1) is 16.0. The van der Waals surface area contributed by atoms with E-state index in [1.54, 1.807) is 0 Å². The fourth-order valence-electron chi connectivity index (χ4n) is 4.87. The van der Waals surface area contributed by atoms with Crippen LogP contribution in [0.2, 0.25) is 0 Å². The van der Waals surface area contributed by atoms with Crippen LogP contribution in [0.25, 0.3) is 5.69 Å². The molecule has 33 heavy (non-hydrogen) atoms. The average molecular weight is 453 g/mol. The first-order valence-electron chi connectivity index (χ1n) is 11.3. The predicted octanol–water partition coefficient (Wildman–Crippen LogP) is 5.97. The summed E-state index contributed by atoms with van der Waals surface area (Å²) in [5, 5.41) is 4.34. The molecule has 5 heteroatoms. The summed E-state index contributed by atoms with van der Waals surface area (Å²) in [6.07, 6.45) is 1.85. The van der Waals surface area contributed by atoms with E-state index < -0.39 is 0 Å². The molecule has 2 aromatic carbocycles. The van der Waals surface area contributed by atoms with E-state index in [1.807, 2.05) is 24.4 Å². The molecule has 0 saturated carbocycles. The van der Waals surface area contributed by atoms with Crippen LogP contribution >= 0.6 is 12.2 Å². The second-order valence-electron chi connectivity index (χ2n) is 8.74. The number of rotatable bonds is 5. The molecule has 0 unspecified atom stereocenters. The monoisotopic (exact) mass is 452 g/mol. The van der Waals surface area contributed by atoms with Crippen molar-refractivity contribution in [2.45, 2.75) is 39.4 Å². The largest absolute Gasteiger partial charge is 0.352 e. The maximum Gasteiger partial charge on any atom is 0.170 e. The van der Waals surface area contributed by atoms with Crippen LogP contribution in [-0.4, -0.2) is 19.6 Å². The van der Waals surface area contributed by atoms with Crippen LogP contribution in [0, 0.1) is 20.8 Å². The lowest BCUT2D eigenvalue weighted by atomic mass is 9.96. The minimum absolute atomic E-state index is 0.0191. The van der Waals surface area contributed by atoms with Gasteiger partial charge < -0.3 is 14.8 Å². The zero-order valence-electron chi connectivity index (χ0n) is 19.2. The highest BCUT2D eigenvalue weighted by Gasteiger charge is 2.41. The van der Waals surface area contributed by atoms with Crippen LogP contribution < -0.4 is 5.32 Å². The number of thiocarbonyl (C=S) groups is 1. The summed E-state index contributed by atoms with van der Waals surface area (Å²) < 4.78 is 2.34. The van der Waals surface area contributed by atoms with Crippen LogP contribution in [0.5, 0.6) is 0 Å². The van der Waals surface area contributed by atoms with E-state index >= 15 is 0 Å². The lowest BCUT2D eigenvalue weighted by Gasteiger charge is -2.28. The Kier molecular flexibility index (Phi) is 5.73. The molecule has 0 radical (unpaired) electrons. The lowest BCUT2D eigenvalue weighted by Crippen LogP contribution is -2.29. The maximum atomic E-state index is 5.86. The quantitative estimate of drug-likeness (QED) is 0.378. The van der Waals surface area contributed by atoms with Crippen molar-refractivity contribution in [1.82, 2.24) is 19.8 Å². The van der Waals surface area contributed by atoms with Gasteiger partial charge in [0, 0.05) is 29.8 Å².